The molecular formula is C10H22ClNO2S. The highest BCUT2D eigenvalue weighted by atomic mass is 35.5. The van der Waals surface area contributed by atoms with E-state index in [9.17, 15) is 8.42 Å². The molecule has 0 rings (SSSR count). The van der Waals surface area contributed by atoms with Crippen molar-refractivity contribution in [2.45, 2.75) is 39.2 Å². The molecule has 0 bridgehead atoms. The Bertz CT molecular complexity index is 263. The molecule has 0 aromatic rings. The largest absolute Gasteiger partial charge is 0.311 e. The van der Waals surface area contributed by atoms with Crippen molar-refractivity contribution in [3.8, 4) is 0 Å². The Labute approximate surface area is 98.5 Å². The molecule has 0 aromatic heterocycles. The van der Waals surface area contributed by atoms with Crippen molar-refractivity contribution < 1.29 is 8.42 Å². The number of rotatable bonds is 8. The van der Waals surface area contributed by atoms with Crippen LogP contribution in [0.5, 0.6) is 0 Å². The molecule has 5 heteroatoms. The van der Waals surface area contributed by atoms with E-state index in [2.05, 4.69) is 5.32 Å². The lowest BCUT2D eigenvalue weighted by molar-refractivity contribution is 0.389. The summed E-state index contributed by atoms with van der Waals surface area (Å²) in [6.07, 6.45) is 1.52. The van der Waals surface area contributed by atoms with Gasteiger partial charge in [0.05, 0.1) is 5.75 Å². The molecule has 0 spiro atoms. The van der Waals surface area contributed by atoms with Gasteiger partial charge in [-0.1, -0.05) is 6.92 Å². The highest BCUT2D eigenvalue weighted by Crippen LogP contribution is 2.08. The fourth-order valence-corrected chi connectivity index (χ4v) is 2.99. The summed E-state index contributed by atoms with van der Waals surface area (Å²) < 4.78 is 22.8. The van der Waals surface area contributed by atoms with Crippen LogP contribution < -0.4 is 5.32 Å². The summed E-state index contributed by atoms with van der Waals surface area (Å²) in [7, 11) is -2.86. The summed E-state index contributed by atoms with van der Waals surface area (Å²) in [6.45, 7) is 6.44. The smallest absolute Gasteiger partial charge is 0.151 e. The molecule has 0 saturated carbocycles. The van der Waals surface area contributed by atoms with Crippen molar-refractivity contribution in [2.24, 2.45) is 0 Å². The maximum Gasteiger partial charge on any atom is 0.151 e. The van der Waals surface area contributed by atoms with E-state index >= 15 is 0 Å². The van der Waals surface area contributed by atoms with Gasteiger partial charge in [0, 0.05) is 23.7 Å². The van der Waals surface area contributed by atoms with Gasteiger partial charge in [0.1, 0.15) is 0 Å². The maximum absolute atomic E-state index is 11.4. The van der Waals surface area contributed by atoms with E-state index in [-0.39, 0.29) is 17.0 Å². The molecule has 0 aromatic carbocycles. The van der Waals surface area contributed by atoms with Crippen LogP contribution in [0.25, 0.3) is 0 Å². The van der Waals surface area contributed by atoms with Gasteiger partial charge in [0.15, 0.2) is 9.84 Å². The molecule has 0 radical (unpaired) electrons. The first kappa shape index (κ1) is 15.2. The average molecular weight is 256 g/mol. The second-order valence-corrected chi connectivity index (χ2v) is 7.08. The van der Waals surface area contributed by atoms with Crippen molar-refractivity contribution in [2.75, 3.05) is 23.9 Å². The first-order valence-corrected chi connectivity index (χ1v) is 7.70. The third-order valence-corrected chi connectivity index (χ3v) is 4.30. The Balaban J connectivity index is 3.88. The summed E-state index contributed by atoms with van der Waals surface area (Å²) in [4.78, 5) is 0. The van der Waals surface area contributed by atoms with Crippen LogP contribution in [-0.4, -0.2) is 37.9 Å². The van der Waals surface area contributed by atoms with Crippen LogP contribution in [0.2, 0.25) is 0 Å². The van der Waals surface area contributed by atoms with Crippen LogP contribution in [0, 0.1) is 0 Å². The Morgan fingerprint density at radius 1 is 1.27 bits per heavy atom. The van der Waals surface area contributed by atoms with E-state index in [4.69, 9.17) is 11.6 Å². The molecule has 0 atom stereocenters. The van der Waals surface area contributed by atoms with Gasteiger partial charge >= 0.3 is 0 Å². The van der Waals surface area contributed by atoms with Crippen molar-refractivity contribution in [1.82, 2.24) is 5.32 Å². The highest BCUT2D eigenvalue weighted by molar-refractivity contribution is 7.91. The molecule has 0 heterocycles. The molecule has 0 aliphatic carbocycles. The Hall–Kier alpha value is 0.200. The molecule has 15 heavy (non-hydrogen) atoms. The van der Waals surface area contributed by atoms with Crippen LogP contribution in [0.1, 0.15) is 33.6 Å². The van der Waals surface area contributed by atoms with Crippen LogP contribution in [0.4, 0.5) is 0 Å². The van der Waals surface area contributed by atoms with E-state index in [1.165, 1.54) is 0 Å². The van der Waals surface area contributed by atoms with Crippen LogP contribution in [0.3, 0.4) is 0 Å². The zero-order valence-corrected chi connectivity index (χ0v) is 11.4. The van der Waals surface area contributed by atoms with E-state index in [0.717, 1.165) is 6.42 Å². The molecule has 0 saturated heterocycles. The molecule has 1 N–H and O–H groups in total. The number of alkyl halides is 1. The van der Waals surface area contributed by atoms with Crippen LogP contribution in [-0.2, 0) is 9.84 Å². The first-order valence-electron chi connectivity index (χ1n) is 5.34. The normalized spacial score (nSPS) is 13.1. The van der Waals surface area contributed by atoms with E-state index in [1.54, 1.807) is 0 Å². The molecule has 0 fully saturated rings. The van der Waals surface area contributed by atoms with Gasteiger partial charge in [-0.15, -0.1) is 11.6 Å². The van der Waals surface area contributed by atoms with Gasteiger partial charge in [0.25, 0.3) is 0 Å². The topological polar surface area (TPSA) is 46.2 Å². The number of sulfone groups is 1. The summed E-state index contributed by atoms with van der Waals surface area (Å²) in [6, 6.07) is 0. The van der Waals surface area contributed by atoms with Gasteiger partial charge in [-0.05, 0) is 26.7 Å². The Kier molecular flexibility index (Phi) is 6.80. The lowest BCUT2D eigenvalue weighted by Crippen LogP contribution is -2.42. The van der Waals surface area contributed by atoms with Gasteiger partial charge in [-0.3, -0.25) is 0 Å². The molecular weight excluding hydrogens is 234 g/mol. The van der Waals surface area contributed by atoms with Crippen LogP contribution in [0.15, 0.2) is 0 Å². The van der Waals surface area contributed by atoms with E-state index < -0.39 is 9.84 Å². The SMILES string of the molecule is CCCS(=O)(=O)CCNC(C)(C)CCCl. The van der Waals surface area contributed by atoms with Crippen molar-refractivity contribution in [1.29, 1.82) is 0 Å². The second kappa shape index (κ2) is 6.71. The predicted octanol–water partition coefficient (Wildman–Crippen LogP) is 1.81. The van der Waals surface area contributed by atoms with Gasteiger partial charge in [-0.2, -0.15) is 0 Å². The molecule has 0 amide bonds. The molecule has 0 aliphatic heterocycles. The lowest BCUT2D eigenvalue weighted by atomic mass is 10.0. The lowest BCUT2D eigenvalue weighted by Gasteiger charge is -2.25. The Morgan fingerprint density at radius 2 is 1.87 bits per heavy atom. The van der Waals surface area contributed by atoms with Gasteiger partial charge in [0.2, 0.25) is 0 Å². The minimum Gasteiger partial charge on any atom is -0.311 e. The number of halogens is 1. The Morgan fingerprint density at radius 3 is 2.33 bits per heavy atom. The summed E-state index contributed by atoms with van der Waals surface area (Å²) in [5, 5.41) is 3.21. The highest BCUT2D eigenvalue weighted by Gasteiger charge is 2.17. The van der Waals surface area contributed by atoms with Gasteiger partial charge < -0.3 is 5.32 Å². The standard InChI is InChI=1S/C10H22ClNO2S/c1-4-8-15(13,14)9-7-12-10(2,3)5-6-11/h12H,4-9H2,1-3H3. The third kappa shape index (κ3) is 8.05. The monoisotopic (exact) mass is 255 g/mol. The molecule has 3 nitrogen and oxygen atoms in total. The quantitative estimate of drug-likeness (QED) is 0.673. The zero-order valence-electron chi connectivity index (χ0n) is 9.85. The third-order valence-electron chi connectivity index (χ3n) is 2.25. The average Bonchev–Trinajstić information content (AvgIpc) is 2.02. The van der Waals surface area contributed by atoms with Crippen LogP contribution >= 0.6 is 11.6 Å². The number of hydrogen-bond acceptors (Lipinski definition) is 3. The summed E-state index contributed by atoms with van der Waals surface area (Å²) in [5.41, 5.74) is -0.0799. The fourth-order valence-electron chi connectivity index (χ4n) is 1.28. The summed E-state index contributed by atoms with van der Waals surface area (Å²) >= 11 is 5.65. The van der Waals surface area contributed by atoms with E-state index in [0.29, 0.717) is 18.8 Å². The van der Waals surface area contributed by atoms with Crippen molar-refractivity contribution in [3.63, 3.8) is 0 Å². The minimum absolute atomic E-state index is 0.0799. The van der Waals surface area contributed by atoms with Crippen molar-refractivity contribution in [3.05, 3.63) is 0 Å². The van der Waals surface area contributed by atoms with Gasteiger partial charge in [-0.25, -0.2) is 8.42 Å². The fraction of sp³-hybridized carbons (Fsp3) is 1.00. The molecule has 0 unspecified atom stereocenters. The summed E-state index contributed by atoms with van der Waals surface area (Å²) in [5.74, 6) is 1.08. The maximum atomic E-state index is 11.4. The van der Waals surface area contributed by atoms with E-state index in [1.807, 2.05) is 20.8 Å². The predicted molar refractivity (Wildman–Crippen MR) is 66.4 cm³/mol. The second-order valence-electron chi connectivity index (χ2n) is 4.40. The number of nitrogens with one attached hydrogen (secondary N) is 1. The number of hydrogen-bond donors (Lipinski definition) is 1. The molecule has 92 valence electrons. The zero-order chi connectivity index (χ0) is 11.9. The minimum atomic E-state index is -2.86. The molecule has 0 aliphatic rings. The van der Waals surface area contributed by atoms with Crippen molar-refractivity contribution >= 4 is 21.4 Å². The first-order chi connectivity index (χ1) is 6.83.